The zero-order chi connectivity index (χ0) is 9.84. The summed E-state index contributed by atoms with van der Waals surface area (Å²) >= 11 is 0. The average molecular weight is 185 g/mol. The predicted molar refractivity (Wildman–Crippen MR) is 47.3 cm³/mol. The number of hydrogen-bond donors (Lipinski definition) is 1. The zero-order valence-electron chi connectivity index (χ0n) is 7.82. The average Bonchev–Trinajstić information content (AvgIpc) is 2.28. The lowest BCUT2D eigenvalue weighted by Crippen LogP contribution is -2.42. The monoisotopic (exact) mass is 185 g/mol. The van der Waals surface area contributed by atoms with Crippen LogP contribution < -0.4 is 0 Å². The second-order valence-electron chi connectivity index (χ2n) is 3.50. The number of aliphatic carboxylic acids is 1. The van der Waals surface area contributed by atoms with Crippen molar-refractivity contribution in [3.8, 4) is 0 Å². The third-order valence-electron chi connectivity index (χ3n) is 2.50. The van der Waals surface area contributed by atoms with Gasteiger partial charge in [-0.2, -0.15) is 0 Å². The Kier molecular flexibility index (Phi) is 3.28. The Morgan fingerprint density at radius 2 is 2.00 bits per heavy atom. The third-order valence-corrected chi connectivity index (χ3v) is 2.50. The van der Waals surface area contributed by atoms with Crippen LogP contribution in [0, 0.1) is 0 Å². The molecular formula is C9H15NO3. The van der Waals surface area contributed by atoms with E-state index < -0.39 is 11.9 Å². The van der Waals surface area contributed by atoms with E-state index >= 15 is 0 Å². The highest BCUT2D eigenvalue weighted by Crippen LogP contribution is 2.16. The van der Waals surface area contributed by atoms with E-state index in [0.717, 1.165) is 25.7 Å². The van der Waals surface area contributed by atoms with E-state index in [9.17, 15) is 9.59 Å². The molecule has 1 aliphatic heterocycles. The van der Waals surface area contributed by atoms with Gasteiger partial charge in [0.05, 0.1) is 0 Å². The lowest BCUT2D eigenvalue weighted by molar-refractivity contribution is -0.157. The molecule has 0 saturated carbocycles. The van der Waals surface area contributed by atoms with Crippen LogP contribution in [0.5, 0.6) is 0 Å². The second-order valence-corrected chi connectivity index (χ2v) is 3.50. The fraction of sp³-hybridized carbons (Fsp3) is 0.778. The summed E-state index contributed by atoms with van der Waals surface area (Å²) in [6, 6.07) is 0.0751. The van der Waals surface area contributed by atoms with Crippen molar-refractivity contribution in [2.75, 3.05) is 6.54 Å². The largest absolute Gasteiger partial charge is 0.474 e. The SMILES string of the molecule is CC1CCCCCN1C(=O)C(=O)O. The number of rotatable bonds is 0. The molecule has 1 amide bonds. The smallest absolute Gasteiger partial charge is 0.394 e. The van der Waals surface area contributed by atoms with Gasteiger partial charge in [0.2, 0.25) is 0 Å². The van der Waals surface area contributed by atoms with Gasteiger partial charge in [0.1, 0.15) is 0 Å². The molecule has 74 valence electrons. The zero-order valence-corrected chi connectivity index (χ0v) is 7.82. The Hall–Kier alpha value is -1.06. The maximum atomic E-state index is 11.2. The Labute approximate surface area is 77.5 Å². The van der Waals surface area contributed by atoms with Crippen LogP contribution >= 0.6 is 0 Å². The van der Waals surface area contributed by atoms with Gasteiger partial charge < -0.3 is 10.0 Å². The highest BCUT2D eigenvalue weighted by molar-refractivity contribution is 6.31. The van der Waals surface area contributed by atoms with Crippen molar-refractivity contribution in [1.82, 2.24) is 4.90 Å². The molecule has 0 radical (unpaired) electrons. The molecule has 1 atom stereocenters. The van der Waals surface area contributed by atoms with Gasteiger partial charge in [0.15, 0.2) is 0 Å². The highest BCUT2D eigenvalue weighted by Gasteiger charge is 2.26. The molecule has 1 saturated heterocycles. The molecule has 4 nitrogen and oxygen atoms in total. The van der Waals surface area contributed by atoms with Crippen molar-refractivity contribution in [2.45, 2.75) is 38.6 Å². The normalized spacial score (nSPS) is 23.8. The summed E-state index contributed by atoms with van der Waals surface area (Å²) in [4.78, 5) is 23.1. The number of hydrogen-bond acceptors (Lipinski definition) is 2. The second kappa shape index (κ2) is 4.25. The number of nitrogens with zero attached hydrogens (tertiary/aromatic N) is 1. The molecule has 0 aliphatic carbocycles. The summed E-state index contributed by atoms with van der Waals surface area (Å²) in [6.07, 6.45) is 4.01. The van der Waals surface area contributed by atoms with Crippen molar-refractivity contribution in [3.63, 3.8) is 0 Å². The number of carboxylic acids is 1. The first-order chi connectivity index (χ1) is 6.13. The Bertz CT molecular complexity index is 215. The Morgan fingerprint density at radius 3 is 2.62 bits per heavy atom. The maximum absolute atomic E-state index is 11.2. The number of carbonyl (C=O) groups excluding carboxylic acids is 1. The molecule has 1 heterocycles. The molecule has 0 aromatic rings. The molecule has 1 rings (SSSR count). The molecule has 1 fully saturated rings. The number of likely N-dealkylation sites (tertiary alicyclic amines) is 1. The van der Waals surface area contributed by atoms with Crippen molar-refractivity contribution in [2.24, 2.45) is 0 Å². The van der Waals surface area contributed by atoms with Gasteiger partial charge in [-0.05, 0) is 19.8 Å². The van der Waals surface area contributed by atoms with Crippen LogP contribution in [0.1, 0.15) is 32.6 Å². The van der Waals surface area contributed by atoms with Crippen LogP contribution in [-0.2, 0) is 9.59 Å². The van der Waals surface area contributed by atoms with Gasteiger partial charge in [0, 0.05) is 12.6 Å². The van der Waals surface area contributed by atoms with Crippen molar-refractivity contribution in [1.29, 1.82) is 0 Å². The van der Waals surface area contributed by atoms with Crippen LogP contribution in [0.15, 0.2) is 0 Å². The highest BCUT2D eigenvalue weighted by atomic mass is 16.4. The number of carbonyl (C=O) groups is 2. The fourth-order valence-electron chi connectivity index (χ4n) is 1.70. The number of amides is 1. The van der Waals surface area contributed by atoms with Gasteiger partial charge in [-0.1, -0.05) is 12.8 Å². The van der Waals surface area contributed by atoms with Crippen molar-refractivity contribution in [3.05, 3.63) is 0 Å². The standard InChI is InChI=1S/C9H15NO3/c1-7-5-3-2-4-6-10(7)8(11)9(12)13/h7H,2-6H2,1H3,(H,12,13). The minimum atomic E-state index is -1.34. The van der Waals surface area contributed by atoms with E-state index in [-0.39, 0.29) is 6.04 Å². The Morgan fingerprint density at radius 1 is 1.31 bits per heavy atom. The van der Waals surface area contributed by atoms with Crippen LogP contribution in [0.25, 0.3) is 0 Å². The van der Waals surface area contributed by atoms with Gasteiger partial charge in [-0.15, -0.1) is 0 Å². The van der Waals surface area contributed by atoms with E-state index in [4.69, 9.17) is 5.11 Å². The number of carboxylic acid groups (broad SMARTS) is 1. The van der Waals surface area contributed by atoms with E-state index in [1.165, 1.54) is 4.90 Å². The van der Waals surface area contributed by atoms with Crippen LogP contribution in [0.2, 0.25) is 0 Å². The fourth-order valence-corrected chi connectivity index (χ4v) is 1.70. The molecule has 4 heteroatoms. The van der Waals surface area contributed by atoms with Gasteiger partial charge in [0.25, 0.3) is 0 Å². The summed E-state index contributed by atoms with van der Waals surface area (Å²) < 4.78 is 0. The van der Waals surface area contributed by atoms with Crippen molar-refractivity contribution >= 4 is 11.9 Å². The predicted octanol–water partition coefficient (Wildman–Crippen LogP) is 0.862. The van der Waals surface area contributed by atoms with Crippen LogP contribution in [0.3, 0.4) is 0 Å². The quantitative estimate of drug-likeness (QED) is 0.569. The first kappa shape index (κ1) is 10.0. The topological polar surface area (TPSA) is 57.6 Å². The molecule has 1 unspecified atom stereocenters. The molecule has 13 heavy (non-hydrogen) atoms. The summed E-state index contributed by atoms with van der Waals surface area (Å²) in [5.41, 5.74) is 0. The molecule has 1 N–H and O–H groups in total. The molecule has 0 aromatic heterocycles. The third kappa shape index (κ3) is 2.44. The first-order valence-corrected chi connectivity index (χ1v) is 4.67. The minimum absolute atomic E-state index is 0.0751. The summed E-state index contributed by atoms with van der Waals surface area (Å²) in [7, 11) is 0. The summed E-state index contributed by atoms with van der Waals surface area (Å²) in [6.45, 7) is 2.50. The van der Waals surface area contributed by atoms with E-state index in [1.807, 2.05) is 6.92 Å². The first-order valence-electron chi connectivity index (χ1n) is 4.67. The van der Waals surface area contributed by atoms with E-state index in [2.05, 4.69) is 0 Å². The molecule has 0 spiro atoms. The maximum Gasteiger partial charge on any atom is 0.394 e. The minimum Gasteiger partial charge on any atom is -0.474 e. The van der Waals surface area contributed by atoms with E-state index in [1.54, 1.807) is 0 Å². The van der Waals surface area contributed by atoms with E-state index in [0.29, 0.717) is 6.54 Å². The van der Waals surface area contributed by atoms with Crippen molar-refractivity contribution < 1.29 is 14.7 Å². The van der Waals surface area contributed by atoms with Crippen LogP contribution in [-0.4, -0.2) is 34.5 Å². The summed E-state index contributed by atoms with van der Waals surface area (Å²) in [5.74, 6) is -2.09. The molecule has 1 aliphatic rings. The lowest BCUT2D eigenvalue weighted by atomic mass is 10.1. The lowest BCUT2D eigenvalue weighted by Gasteiger charge is -2.24. The summed E-state index contributed by atoms with van der Waals surface area (Å²) in [5, 5.41) is 8.55. The molecule has 0 bridgehead atoms. The van der Waals surface area contributed by atoms with Gasteiger partial charge >= 0.3 is 11.9 Å². The molecule has 0 aromatic carbocycles. The Balaban J connectivity index is 2.64. The van der Waals surface area contributed by atoms with Gasteiger partial charge in [-0.3, -0.25) is 4.79 Å². The van der Waals surface area contributed by atoms with Crippen LogP contribution in [0.4, 0.5) is 0 Å². The van der Waals surface area contributed by atoms with Gasteiger partial charge in [-0.25, -0.2) is 4.79 Å². The molecular weight excluding hydrogens is 170 g/mol.